The number of nitrogens with zero attached hydrogens (tertiary/aromatic N) is 1. The minimum atomic E-state index is 0.846. The maximum absolute atomic E-state index is 5.63. The van der Waals surface area contributed by atoms with E-state index < -0.39 is 0 Å². The van der Waals surface area contributed by atoms with Crippen molar-refractivity contribution in [2.24, 2.45) is 0 Å². The lowest BCUT2D eigenvalue weighted by molar-refractivity contribution is 0.0312. The van der Waals surface area contributed by atoms with Crippen LogP contribution in [0, 0.1) is 13.8 Å². The number of aryl methyl sites for hydroxylation is 2. The van der Waals surface area contributed by atoms with Gasteiger partial charge < -0.3 is 9.15 Å². The molecule has 3 nitrogen and oxygen atoms in total. The van der Waals surface area contributed by atoms with Crippen molar-refractivity contribution >= 4 is 0 Å². The first kappa shape index (κ1) is 9.74. The maximum atomic E-state index is 5.63. The lowest BCUT2D eigenvalue weighted by atomic mass is 10.3. The van der Waals surface area contributed by atoms with Crippen molar-refractivity contribution < 1.29 is 9.15 Å². The van der Waals surface area contributed by atoms with Gasteiger partial charge in [-0.25, -0.2) is 0 Å². The van der Waals surface area contributed by atoms with E-state index in [-0.39, 0.29) is 0 Å². The zero-order chi connectivity index (χ0) is 9.97. The fourth-order valence-corrected chi connectivity index (χ4v) is 1.71. The molecule has 1 aliphatic rings. The van der Waals surface area contributed by atoms with Gasteiger partial charge in [-0.2, -0.15) is 0 Å². The Morgan fingerprint density at radius 1 is 1.29 bits per heavy atom. The fraction of sp³-hybridized carbons (Fsp3) is 0.636. The monoisotopic (exact) mass is 195 g/mol. The Bertz CT molecular complexity index is 281. The van der Waals surface area contributed by atoms with E-state index in [9.17, 15) is 0 Å². The van der Waals surface area contributed by atoms with Crippen LogP contribution >= 0.6 is 0 Å². The van der Waals surface area contributed by atoms with Crippen molar-refractivity contribution in [1.29, 1.82) is 0 Å². The van der Waals surface area contributed by atoms with Crippen LogP contribution in [-0.4, -0.2) is 31.2 Å². The molecule has 1 aromatic rings. The molecule has 2 rings (SSSR count). The summed E-state index contributed by atoms with van der Waals surface area (Å²) in [5, 5.41) is 0. The van der Waals surface area contributed by atoms with E-state index in [0.717, 1.165) is 44.4 Å². The van der Waals surface area contributed by atoms with Gasteiger partial charge in [-0.3, -0.25) is 4.90 Å². The Balaban J connectivity index is 1.95. The van der Waals surface area contributed by atoms with Crippen molar-refractivity contribution in [2.75, 3.05) is 26.3 Å². The first-order chi connectivity index (χ1) is 6.75. The van der Waals surface area contributed by atoms with Crippen molar-refractivity contribution in [3.05, 3.63) is 23.2 Å². The van der Waals surface area contributed by atoms with Gasteiger partial charge in [0.15, 0.2) is 0 Å². The second-order valence-electron chi connectivity index (χ2n) is 3.84. The van der Waals surface area contributed by atoms with Gasteiger partial charge in [0.05, 0.1) is 19.8 Å². The molecule has 0 aromatic carbocycles. The third-order valence-electron chi connectivity index (χ3n) is 2.70. The molecule has 0 atom stereocenters. The maximum Gasteiger partial charge on any atom is 0.118 e. The molecule has 0 spiro atoms. The van der Waals surface area contributed by atoms with Gasteiger partial charge in [0, 0.05) is 13.1 Å². The highest BCUT2D eigenvalue weighted by Crippen LogP contribution is 2.15. The molecule has 1 saturated heterocycles. The van der Waals surface area contributed by atoms with Crippen LogP contribution in [0.5, 0.6) is 0 Å². The average molecular weight is 195 g/mol. The van der Waals surface area contributed by atoms with Crippen molar-refractivity contribution in [2.45, 2.75) is 20.4 Å². The second-order valence-corrected chi connectivity index (χ2v) is 3.84. The molecule has 1 aliphatic heterocycles. The Labute approximate surface area is 84.6 Å². The van der Waals surface area contributed by atoms with Crippen LogP contribution in [-0.2, 0) is 11.3 Å². The van der Waals surface area contributed by atoms with Gasteiger partial charge in [0.25, 0.3) is 0 Å². The molecule has 3 heteroatoms. The third-order valence-corrected chi connectivity index (χ3v) is 2.70. The fourth-order valence-electron chi connectivity index (χ4n) is 1.71. The van der Waals surface area contributed by atoms with E-state index in [1.165, 1.54) is 5.56 Å². The van der Waals surface area contributed by atoms with Gasteiger partial charge >= 0.3 is 0 Å². The Morgan fingerprint density at radius 2 is 2.00 bits per heavy atom. The molecule has 1 aromatic heterocycles. The summed E-state index contributed by atoms with van der Waals surface area (Å²) in [6, 6.07) is 2.13. The predicted molar refractivity (Wildman–Crippen MR) is 54.3 cm³/mol. The highest BCUT2D eigenvalue weighted by Gasteiger charge is 2.13. The zero-order valence-corrected chi connectivity index (χ0v) is 8.88. The van der Waals surface area contributed by atoms with Crippen molar-refractivity contribution in [3.63, 3.8) is 0 Å². The molecular weight excluding hydrogens is 178 g/mol. The summed E-state index contributed by atoms with van der Waals surface area (Å²) in [5.74, 6) is 2.11. The standard InChI is InChI=1S/C11H17NO2/c1-9-7-11(14-10(9)2)8-12-3-5-13-6-4-12/h7H,3-6,8H2,1-2H3. The average Bonchev–Trinajstić information content (AvgIpc) is 2.47. The molecule has 0 unspecified atom stereocenters. The molecule has 14 heavy (non-hydrogen) atoms. The molecular formula is C11H17NO2. The minimum absolute atomic E-state index is 0.846. The normalized spacial score (nSPS) is 18.7. The summed E-state index contributed by atoms with van der Waals surface area (Å²) in [6.45, 7) is 8.73. The van der Waals surface area contributed by atoms with E-state index in [1.807, 2.05) is 6.92 Å². The van der Waals surface area contributed by atoms with Gasteiger partial charge in [-0.15, -0.1) is 0 Å². The SMILES string of the molecule is Cc1cc(CN2CCOCC2)oc1C. The number of ether oxygens (including phenoxy) is 1. The van der Waals surface area contributed by atoms with Crippen LogP contribution in [0.1, 0.15) is 17.1 Å². The first-order valence-electron chi connectivity index (χ1n) is 5.12. The summed E-state index contributed by atoms with van der Waals surface area (Å²) in [7, 11) is 0. The highest BCUT2D eigenvalue weighted by molar-refractivity contribution is 5.18. The second kappa shape index (κ2) is 4.15. The van der Waals surface area contributed by atoms with E-state index in [4.69, 9.17) is 9.15 Å². The van der Waals surface area contributed by atoms with Gasteiger partial charge in [0.1, 0.15) is 11.5 Å². The molecule has 0 amide bonds. The molecule has 0 N–H and O–H groups in total. The lowest BCUT2D eigenvalue weighted by Gasteiger charge is -2.25. The molecule has 2 heterocycles. The number of furan rings is 1. The summed E-state index contributed by atoms with van der Waals surface area (Å²) in [5.41, 5.74) is 1.24. The Kier molecular flexibility index (Phi) is 2.89. The van der Waals surface area contributed by atoms with Gasteiger partial charge in [-0.1, -0.05) is 0 Å². The van der Waals surface area contributed by atoms with E-state index >= 15 is 0 Å². The number of hydrogen-bond donors (Lipinski definition) is 0. The number of hydrogen-bond acceptors (Lipinski definition) is 3. The molecule has 1 fully saturated rings. The third kappa shape index (κ3) is 2.16. The topological polar surface area (TPSA) is 25.6 Å². The van der Waals surface area contributed by atoms with Crippen LogP contribution in [0.3, 0.4) is 0 Å². The quantitative estimate of drug-likeness (QED) is 0.718. The van der Waals surface area contributed by atoms with Gasteiger partial charge in [0.2, 0.25) is 0 Å². The molecule has 0 bridgehead atoms. The first-order valence-corrected chi connectivity index (χ1v) is 5.12. The summed E-state index contributed by atoms with van der Waals surface area (Å²) < 4.78 is 10.9. The van der Waals surface area contributed by atoms with Crippen LogP contribution in [0.15, 0.2) is 10.5 Å². The Morgan fingerprint density at radius 3 is 2.57 bits per heavy atom. The highest BCUT2D eigenvalue weighted by atomic mass is 16.5. The summed E-state index contributed by atoms with van der Waals surface area (Å²) in [4.78, 5) is 2.36. The molecule has 0 radical (unpaired) electrons. The minimum Gasteiger partial charge on any atom is -0.465 e. The number of morpholine rings is 1. The van der Waals surface area contributed by atoms with E-state index in [1.54, 1.807) is 0 Å². The molecule has 0 aliphatic carbocycles. The number of rotatable bonds is 2. The largest absolute Gasteiger partial charge is 0.465 e. The van der Waals surface area contributed by atoms with E-state index in [2.05, 4.69) is 17.9 Å². The Hall–Kier alpha value is -0.800. The van der Waals surface area contributed by atoms with Gasteiger partial charge in [-0.05, 0) is 25.5 Å². The zero-order valence-electron chi connectivity index (χ0n) is 8.88. The summed E-state index contributed by atoms with van der Waals surface area (Å²) in [6.07, 6.45) is 0. The molecule has 0 saturated carbocycles. The van der Waals surface area contributed by atoms with E-state index in [0.29, 0.717) is 0 Å². The van der Waals surface area contributed by atoms with Crippen LogP contribution in [0.2, 0.25) is 0 Å². The molecule has 78 valence electrons. The smallest absolute Gasteiger partial charge is 0.118 e. The van der Waals surface area contributed by atoms with Crippen molar-refractivity contribution in [3.8, 4) is 0 Å². The van der Waals surface area contributed by atoms with Crippen molar-refractivity contribution in [1.82, 2.24) is 4.90 Å². The van der Waals surface area contributed by atoms with Crippen LogP contribution < -0.4 is 0 Å². The summed E-state index contributed by atoms with van der Waals surface area (Å²) >= 11 is 0. The predicted octanol–water partition coefficient (Wildman–Crippen LogP) is 1.73. The van der Waals surface area contributed by atoms with Crippen LogP contribution in [0.25, 0.3) is 0 Å². The van der Waals surface area contributed by atoms with Crippen LogP contribution in [0.4, 0.5) is 0 Å². The lowest BCUT2D eigenvalue weighted by Crippen LogP contribution is -2.35.